The average molecular weight is 262 g/mol. The van der Waals surface area contributed by atoms with Crippen molar-refractivity contribution in [3.8, 4) is 0 Å². The molecule has 1 rings (SSSR count). The van der Waals surface area contributed by atoms with E-state index in [0.717, 1.165) is 5.56 Å². The van der Waals surface area contributed by atoms with Crippen LogP contribution in [0, 0.1) is 5.92 Å². The van der Waals surface area contributed by atoms with Crippen molar-refractivity contribution in [2.24, 2.45) is 11.7 Å². The third kappa shape index (κ3) is 3.63. The van der Waals surface area contributed by atoms with Gasteiger partial charge in [-0.25, -0.2) is 0 Å². The molecule has 4 heteroatoms. The van der Waals surface area contributed by atoms with Gasteiger partial charge in [0, 0.05) is 0 Å². The van der Waals surface area contributed by atoms with Crippen LogP contribution in [0.15, 0.2) is 18.2 Å². The van der Waals surface area contributed by atoms with Crippen LogP contribution in [0.25, 0.3) is 0 Å². The molecule has 16 heavy (non-hydrogen) atoms. The van der Waals surface area contributed by atoms with Crippen molar-refractivity contribution in [3.05, 3.63) is 33.8 Å². The number of nitrogens with two attached hydrogens (primary N) is 1. The van der Waals surface area contributed by atoms with Crippen LogP contribution in [0.2, 0.25) is 10.0 Å². The fraction of sp³-hybridized carbons (Fsp3) is 0.500. The molecular formula is C12H17Cl2NO. The predicted molar refractivity (Wildman–Crippen MR) is 68.9 cm³/mol. The Morgan fingerprint density at radius 2 is 1.88 bits per heavy atom. The van der Waals surface area contributed by atoms with E-state index >= 15 is 0 Å². The molecule has 90 valence electrons. The molecule has 2 atom stereocenters. The van der Waals surface area contributed by atoms with Crippen LogP contribution in [0.4, 0.5) is 0 Å². The fourth-order valence-electron chi connectivity index (χ4n) is 1.57. The molecule has 0 unspecified atom stereocenters. The van der Waals surface area contributed by atoms with Gasteiger partial charge in [-0.1, -0.05) is 43.1 Å². The zero-order chi connectivity index (χ0) is 12.3. The summed E-state index contributed by atoms with van der Waals surface area (Å²) in [6, 6.07) is 4.78. The van der Waals surface area contributed by atoms with Gasteiger partial charge >= 0.3 is 0 Å². The van der Waals surface area contributed by atoms with Crippen LogP contribution in [0.1, 0.15) is 31.9 Å². The maximum Gasteiger partial charge on any atom is 0.0735 e. The van der Waals surface area contributed by atoms with Crippen LogP contribution in [0.5, 0.6) is 0 Å². The molecule has 0 aliphatic carbocycles. The van der Waals surface area contributed by atoms with E-state index in [9.17, 15) is 5.11 Å². The zero-order valence-corrected chi connectivity index (χ0v) is 11.0. The monoisotopic (exact) mass is 261 g/mol. The Hall–Kier alpha value is -0.280. The summed E-state index contributed by atoms with van der Waals surface area (Å²) in [6.07, 6.45) is 0.110. The van der Waals surface area contributed by atoms with Crippen LogP contribution in [0.3, 0.4) is 0 Å². The topological polar surface area (TPSA) is 46.2 Å². The van der Waals surface area contributed by atoms with Crippen molar-refractivity contribution in [2.75, 3.05) is 0 Å². The third-order valence-corrected chi connectivity index (χ3v) is 3.20. The minimum absolute atomic E-state index is 0.406. The molecule has 2 nitrogen and oxygen atoms in total. The summed E-state index contributed by atoms with van der Waals surface area (Å²) in [5, 5.41) is 10.9. The summed E-state index contributed by atoms with van der Waals surface area (Å²) in [6.45, 7) is 4.09. The number of aliphatic hydroxyl groups is 1. The number of rotatable bonds is 4. The maximum absolute atomic E-state index is 9.90. The summed E-state index contributed by atoms with van der Waals surface area (Å²) < 4.78 is 0. The standard InChI is InChI=1S/C12H17Cl2NO/c1-7(2)5-11(16)12(15)8-3-4-9(13)10(14)6-8/h3-4,6-7,11-12,16H,5,15H2,1-2H3/t11-,12+/m1/s1. The van der Waals surface area contributed by atoms with E-state index in [4.69, 9.17) is 28.9 Å². The minimum atomic E-state index is -0.558. The second-order valence-electron chi connectivity index (χ2n) is 4.40. The van der Waals surface area contributed by atoms with E-state index in [1.807, 2.05) is 13.8 Å². The highest BCUT2D eigenvalue weighted by Crippen LogP contribution is 2.27. The molecule has 0 spiro atoms. The molecule has 1 aromatic carbocycles. The SMILES string of the molecule is CC(C)C[C@@H](O)[C@@H](N)c1ccc(Cl)c(Cl)c1. The van der Waals surface area contributed by atoms with Crippen LogP contribution in [-0.2, 0) is 0 Å². The molecule has 0 aliphatic rings. The first-order valence-corrected chi connectivity index (χ1v) is 6.06. The second-order valence-corrected chi connectivity index (χ2v) is 5.21. The van der Waals surface area contributed by atoms with Gasteiger partial charge in [0.05, 0.1) is 22.2 Å². The van der Waals surface area contributed by atoms with Gasteiger partial charge in [0.2, 0.25) is 0 Å². The number of hydrogen-bond donors (Lipinski definition) is 2. The van der Waals surface area contributed by atoms with Crippen LogP contribution in [-0.4, -0.2) is 11.2 Å². The Morgan fingerprint density at radius 1 is 1.25 bits per heavy atom. The number of hydrogen-bond acceptors (Lipinski definition) is 2. The Balaban J connectivity index is 2.79. The zero-order valence-electron chi connectivity index (χ0n) is 9.45. The fourth-order valence-corrected chi connectivity index (χ4v) is 1.88. The van der Waals surface area contributed by atoms with Gasteiger partial charge in [-0.2, -0.15) is 0 Å². The highest BCUT2D eigenvalue weighted by molar-refractivity contribution is 6.42. The molecule has 0 aromatic heterocycles. The van der Waals surface area contributed by atoms with Gasteiger partial charge in [0.1, 0.15) is 0 Å². The van der Waals surface area contributed by atoms with Crippen molar-refractivity contribution < 1.29 is 5.11 Å². The first kappa shape index (κ1) is 13.8. The largest absolute Gasteiger partial charge is 0.391 e. The molecule has 0 aliphatic heterocycles. The summed E-state index contributed by atoms with van der Waals surface area (Å²) in [7, 11) is 0. The minimum Gasteiger partial charge on any atom is -0.391 e. The van der Waals surface area contributed by atoms with E-state index in [2.05, 4.69) is 0 Å². The van der Waals surface area contributed by atoms with Gasteiger partial charge in [0.25, 0.3) is 0 Å². The number of benzene rings is 1. The van der Waals surface area contributed by atoms with Crippen molar-refractivity contribution in [1.29, 1.82) is 0 Å². The maximum atomic E-state index is 9.90. The summed E-state index contributed by atoms with van der Waals surface area (Å²) in [5.74, 6) is 0.406. The molecule has 0 amide bonds. The Labute approximate surface area is 106 Å². The summed E-state index contributed by atoms with van der Waals surface area (Å²) >= 11 is 11.7. The van der Waals surface area contributed by atoms with E-state index in [-0.39, 0.29) is 0 Å². The highest BCUT2D eigenvalue weighted by Gasteiger charge is 2.18. The lowest BCUT2D eigenvalue weighted by Gasteiger charge is -2.21. The molecular weight excluding hydrogens is 245 g/mol. The predicted octanol–water partition coefficient (Wildman–Crippen LogP) is 3.40. The van der Waals surface area contributed by atoms with Crippen molar-refractivity contribution >= 4 is 23.2 Å². The highest BCUT2D eigenvalue weighted by atomic mass is 35.5. The molecule has 0 bridgehead atoms. The second kappa shape index (κ2) is 5.87. The molecule has 0 radical (unpaired) electrons. The first-order valence-electron chi connectivity index (χ1n) is 5.30. The van der Waals surface area contributed by atoms with Crippen molar-refractivity contribution in [3.63, 3.8) is 0 Å². The average Bonchev–Trinajstić information content (AvgIpc) is 2.20. The quantitative estimate of drug-likeness (QED) is 0.873. The number of halogens is 2. The van der Waals surface area contributed by atoms with E-state index in [1.165, 1.54) is 0 Å². The lowest BCUT2D eigenvalue weighted by atomic mass is 9.95. The van der Waals surface area contributed by atoms with Crippen LogP contribution < -0.4 is 5.73 Å². The summed E-state index contributed by atoms with van der Waals surface area (Å²) in [5.41, 5.74) is 6.76. The Morgan fingerprint density at radius 3 is 2.38 bits per heavy atom. The van der Waals surface area contributed by atoms with E-state index < -0.39 is 12.1 Å². The smallest absolute Gasteiger partial charge is 0.0735 e. The molecule has 0 heterocycles. The third-order valence-electron chi connectivity index (χ3n) is 2.46. The molecule has 0 saturated carbocycles. The van der Waals surface area contributed by atoms with Crippen LogP contribution >= 0.6 is 23.2 Å². The molecule has 0 fully saturated rings. The molecule has 0 saturated heterocycles. The Bertz CT molecular complexity index is 355. The normalized spacial score (nSPS) is 15.2. The lowest BCUT2D eigenvalue weighted by Crippen LogP contribution is -2.27. The first-order chi connectivity index (χ1) is 7.41. The van der Waals surface area contributed by atoms with Gasteiger partial charge in [-0.05, 0) is 30.0 Å². The van der Waals surface area contributed by atoms with Crippen molar-refractivity contribution in [2.45, 2.75) is 32.4 Å². The molecule has 1 aromatic rings. The van der Waals surface area contributed by atoms with Gasteiger partial charge in [-0.3, -0.25) is 0 Å². The molecule has 3 N–H and O–H groups in total. The van der Waals surface area contributed by atoms with Crippen molar-refractivity contribution in [1.82, 2.24) is 0 Å². The van der Waals surface area contributed by atoms with Gasteiger partial charge < -0.3 is 10.8 Å². The van der Waals surface area contributed by atoms with Gasteiger partial charge in [-0.15, -0.1) is 0 Å². The number of aliphatic hydroxyl groups excluding tert-OH is 1. The van der Waals surface area contributed by atoms with E-state index in [1.54, 1.807) is 18.2 Å². The lowest BCUT2D eigenvalue weighted by molar-refractivity contribution is 0.121. The van der Waals surface area contributed by atoms with Gasteiger partial charge in [0.15, 0.2) is 0 Å². The summed E-state index contributed by atoms with van der Waals surface area (Å²) in [4.78, 5) is 0. The Kier molecular flexibility index (Phi) is 5.06. The van der Waals surface area contributed by atoms with E-state index in [0.29, 0.717) is 22.4 Å².